The van der Waals surface area contributed by atoms with Gasteiger partial charge in [0.05, 0.1) is 17.6 Å². The lowest BCUT2D eigenvalue weighted by molar-refractivity contribution is -0.0713. The number of benzene rings is 1. The highest BCUT2D eigenvalue weighted by Gasteiger charge is 2.39. The van der Waals surface area contributed by atoms with Crippen LogP contribution in [0.1, 0.15) is 11.6 Å². The Morgan fingerprint density at radius 3 is 2.44 bits per heavy atom. The molecule has 0 saturated carbocycles. The van der Waals surface area contributed by atoms with Crippen LogP contribution in [0.2, 0.25) is 0 Å². The zero-order valence-electron chi connectivity index (χ0n) is 9.25. The Morgan fingerprint density at radius 2 is 2.00 bits per heavy atom. The molecular formula is C10H11Br2F2NO3. The third kappa shape index (κ3) is 2.76. The summed E-state index contributed by atoms with van der Waals surface area (Å²) in [5.41, 5.74) is 5.44. The molecule has 0 bridgehead atoms. The molecule has 0 saturated heterocycles. The molecule has 1 atom stereocenters. The molecule has 4 N–H and O–H groups in total. The van der Waals surface area contributed by atoms with E-state index in [1.807, 2.05) is 0 Å². The number of hydrogen-bond donors (Lipinski definition) is 3. The van der Waals surface area contributed by atoms with E-state index in [2.05, 4.69) is 31.9 Å². The van der Waals surface area contributed by atoms with Crippen molar-refractivity contribution in [3.05, 3.63) is 20.6 Å². The number of phenols is 1. The number of aliphatic hydroxyl groups is 1. The first-order valence-electron chi connectivity index (χ1n) is 4.75. The number of alkyl halides is 2. The molecule has 0 spiro atoms. The molecule has 0 aliphatic carbocycles. The molecule has 1 aromatic carbocycles. The largest absolute Gasteiger partial charge is 0.503 e. The van der Waals surface area contributed by atoms with Crippen LogP contribution in [0.15, 0.2) is 15.0 Å². The zero-order valence-corrected chi connectivity index (χ0v) is 12.4. The molecule has 4 nitrogen and oxygen atoms in total. The van der Waals surface area contributed by atoms with Crippen LogP contribution >= 0.6 is 31.9 Å². The van der Waals surface area contributed by atoms with Gasteiger partial charge in [0, 0.05) is 4.47 Å². The van der Waals surface area contributed by atoms with Crippen molar-refractivity contribution in [2.45, 2.75) is 12.0 Å². The number of hydrogen-bond acceptors (Lipinski definition) is 4. The second-order valence-corrected chi connectivity index (χ2v) is 5.13. The Bertz CT molecular complexity index is 457. The highest BCUT2D eigenvalue weighted by molar-refractivity contribution is 9.13. The van der Waals surface area contributed by atoms with Crippen LogP contribution in [0.5, 0.6) is 11.5 Å². The van der Waals surface area contributed by atoms with Crippen LogP contribution in [-0.2, 0) is 0 Å². The van der Waals surface area contributed by atoms with Gasteiger partial charge in [0.2, 0.25) is 0 Å². The minimum Gasteiger partial charge on any atom is -0.503 e. The Balaban J connectivity index is 3.38. The molecule has 0 unspecified atom stereocenters. The lowest BCUT2D eigenvalue weighted by atomic mass is 10.0. The van der Waals surface area contributed by atoms with Gasteiger partial charge in [-0.2, -0.15) is 0 Å². The highest BCUT2D eigenvalue weighted by atomic mass is 79.9. The summed E-state index contributed by atoms with van der Waals surface area (Å²) in [5.74, 6) is -3.71. The van der Waals surface area contributed by atoms with Gasteiger partial charge < -0.3 is 20.7 Å². The quantitative estimate of drug-likeness (QED) is 0.738. The third-order valence-electron chi connectivity index (χ3n) is 2.39. The van der Waals surface area contributed by atoms with E-state index in [0.717, 1.165) is 0 Å². The van der Waals surface area contributed by atoms with E-state index in [1.54, 1.807) is 0 Å². The monoisotopic (exact) mass is 389 g/mol. The predicted octanol–water partition coefficient (Wildman–Crippen LogP) is 2.55. The van der Waals surface area contributed by atoms with Gasteiger partial charge in [-0.3, -0.25) is 0 Å². The molecule has 0 aromatic heterocycles. The minimum atomic E-state index is -3.48. The lowest BCUT2D eigenvalue weighted by Crippen LogP contribution is -2.36. The first-order chi connectivity index (χ1) is 8.26. The average molecular weight is 391 g/mol. The SMILES string of the molecule is COc1cc([C@H](N)C(F)(F)CO)c(Br)c(Br)c1O. The van der Waals surface area contributed by atoms with Gasteiger partial charge in [0.1, 0.15) is 6.61 Å². The van der Waals surface area contributed by atoms with Crippen LogP contribution in [0, 0.1) is 0 Å². The molecule has 1 rings (SSSR count). The van der Waals surface area contributed by atoms with Gasteiger partial charge in [0.15, 0.2) is 11.5 Å². The lowest BCUT2D eigenvalue weighted by Gasteiger charge is -2.24. The molecular weight excluding hydrogens is 380 g/mol. The first-order valence-corrected chi connectivity index (χ1v) is 6.34. The standard InChI is InChI=1S/C10H11Br2F2NO3/c1-18-5-2-4(6(11)7(12)8(5)17)9(15)10(13,14)3-16/h2,9,16-17H,3,15H2,1H3/t9-/m0/s1. The summed E-state index contributed by atoms with van der Waals surface area (Å²) in [6.07, 6.45) is 0. The van der Waals surface area contributed by atoms with Crippen LogP contribution in [0.25, 0.3) is 0 Å². The Kier molecular flexibility index (Phi) is 4.93. The topological polar surface area (TPSA) is 75.7 Å². The number of ether oxygens (including phenoxy) is 1. The van der Waals surface area contributed by atoms with E-state index in [9.17, 15) is 13.9 Å². The molecule has 0 aliphatic rings. The summed E-state index contributed by atoms with van der Waals surface area (Å²) in [5, 5.41) is 18.3. The zero-order chi connectivity index (χ0) is 14.1. The first kappa shape index (κ1) is 15.6. The molecule has 8 heteroatoms. The number of methoxy groups -OCH3 is 1. The molecule has 0 fully saturated rings. The smallest absolute Gasteiger partial charge is 0.289 e. The molecule has 0 heterocycles. The van der Waals surface area contributed by atoms with E-state index in [-0.39, 0.29) is 26.0 Å². The van der Waals surface area contributed by atoms with E-state index >= 15 is 0 Å². The highest BCUT2D eigenvalue weighted by Crippen LogP contribution is 2.45. The van der Waals surface area contributed by atoms with E-state index in [0.29, 0.717) is 0 Å². The number of aliphatic hydroxyl groups excluding tert-OH is 1. The number of aromatic hydroxyl groups is 1. The average Bonchev–Trinajstić information content (AvgIpc) is 2.35. The summed E-state index contributed by atoms with van der Waals surface area (Å²) >= 11 is 6.10. The molecule has 1 aromatic rings. The fourth-order valence-corrected chi connectivity index (χ4v) is 2.29. The summed E-state index contributed by atoms with van der Waals surface area (Å²) in [6, 6.07) is -0.541. The van der Waals surface area contributed by atoms with Gasteiger partial charge in [0.25, 0.3) is 5.92 Å². The van der Waals surface area contributed by atoms with Crippen LogP contribution in [-0.4, -0.2) is 29.9 Å². The summed E-state index contributed by atoms with van der Waals surface area (Å²) < 4.78 is 31.9. The Morgan fingerprint density at radius 1 is 1.44 bits per heavy atom. The van der Waals surface area contributed by atoms with Crippen molar-refractivity contribution in [1.29, 1.82) is 0 Å². The second-order valence-electron chi connectivity index (χ2n) is 3.54. The van der Waals surface area contributed by atoms with Crippen LogP contribution in [0.3, 0.4) is 0 Å². The second kappa shape index (κ2) is 5.68. The van der Waals surface area contributed by atoms with E-state index in [4.69, 9.17) is 15.6 Å². The van der Waals surface area contributed by atoms with Gasteiger partial charge in [-0.05, 0) is 43.5 Å². The summed E-state index contributed by atoms with van der Waals surface area (Å²) in [4.78, 5) is 0. The molecule has 18 heavy (non-hydrogen) atoms. The maximum atomic E-state index is 13.4. The number of nitrogens with two attached hydrogens (primary N) is 1. The van der Waals surface area contributed by atoms with Crippen molar-refractivity contribution < 1.29 is 23.7 Å². The van der Waals surface area contributed by atoms with Crippen molar-refractivity contribution in [2.75, 3.05) is 13.7 Å². The fraction of sp³-hybridized carbons (Fsp3) is 0.400. The Hall–Kier alpha value is -0.440. The van der Waals surface area contributed by atoms with Crippen molar-refractivity contribution in [1.82, 2.24) is 0 Å². The molecule has 0 aliphatic heterocycles. The third-order valence-corrected chi connectivity index (χ3v) is 4.55. The number of phenolic OH excluding ortho intramolecular Hbond substituents is 1. The van der Waals surface area contributed by atoms with Crippen molar-refractivity contribution >= 4 is 31.9 Å². The molecule has 102 valence electrons. The summed E-state index contributed by atoms with van der Waals surface area (Å²) in [6.45, 7) is -1.37. The van der Waals surface area contributed by atoms with Gasteiger partial charge in [-0.15, -0.1) is 0 Å². The predicted molar refractivity (Wildman–Crippen MR) is 69.0 cm³/mol. The van der Waals surface area contributed by atoms with Crippen molar-refractivity contribution in [3.8, 4) is 11.5 Å². The van der Waals surface area contributed by atoms with Gasteiger partial charge in [-0.1, -0.05) is 0 Å². The normalized spacial score (nSPS) is 13.5. The number of halogens is 4. The molecule has 0 radical (unpaired) electrons. The van der Waals surface area contributed by atoms with Gasteiger partial charge in [-0.25, -0.2) is 8.78 Å². The van der Waals surface area contributed by atoms with E-state index in [1.165, 1.54) is 13.2 Å². The number of rotatable bonds is 4. The minimum absolute atomic E-state index is 0.00395. The fourth-order valence-electron chi connectivity index (χ4n) is 1.32. The van der Waals surface area contributed by atoms with Crippen LogP contribution in [0.4, 0.5) is 8.78 Å². The summed E-state index contributed by atoms with van der Waals surface area (Å²) in [7, 11) is 1.29. The molecule has 0 amide bonds. The maximum absolute atomic E-state index is 13.4. The van der Waals surface area contributed by atoms with Crippen molar-refractivity contribution in [2.24, 2.45) is 5.73 Å². The van der Waals surface area contributed by atoms with Gasteiger partial charge >= 0.3 is 0 Å². The van der Waals surface area contributed by atoms with Crippen molar-refractivity contribution in [3.63, 3.8) is 0 Å². The maximum Gasteiger partial charge on any atom is 0.289 e. The van der Waals surface area contributed by atoms with E-state index < -0.39 is 18.6 Å². The Labute approximate surface area is 119 Å². The van der Waals surface area contributed by atoms with Crippen LogP contribution < -0.4 is 10.5 Å².